The molecule has 1 amide bonds. The van der Waals surface area contributed by atoms with Crippen molar-refractivity contribution in [3.8, 4) is 0 Å². The molecule has 0 aliphatic rings. The van der Waals surface area contributed by atoms with Crippen molar-refractivity contribution in [3.63, 3.8) is 0 Å². The lowest BCUT2D eigenvalue weighted by molar-refractivity contribution is -0.142. The molecule has 0 N–H and O–H groups in total. The molecule has 0 aliphatic heterocycles. The summed E-state index contributed by atoms with van der Waals surface area (Å²) in [6.45, 7) is 1.76. The Kier molecular flexibility index (Phi) is 6.48. The third kappa shape index (κ3) is 4.64. The zero-order valence-corrected chi connectivity index (χ0v) is 18.7. The van der Waals surface area contributed by atoms with E-state index >= 15 is 0 Å². The van der Waals surface area contributed by atoms with Crippen LogP contribution < -0.4 is 4.90 Å². The Morgan fingerprint density at radius 1 is 1.00 bits per heavy atom. The molecule has 0 aliphatic carbocycles. The van der Waals surface area contributed by atoms with Crippen molar-refractivity contribution in [2.45, 2.75) is 18.2 Å². The quantitative estimate of drug-likeness (QED) is 0.307. The normalized spacial score (nSPS) is 12.1. The maximum atomic E-state index is 13.2. The molecule has 1 heterocycles. The van der Waals surface area contributed by atoms with E-state index in [1.54, 1.807) is 37.4 Å². The molecule has 0 saturated carbocycles. The summed E-state index contributed by atoms with van der Waals surface area (Å²) in [5, 5.41) is 1.93. The number of anilines is 1. The summed E-state index contributed by atoms with van der Waals surface area (Å²) >= 11 is -1.13. The number of amides is 1. The average Bonchev–Trinajstić information content (AvgIpc) is 3.16. The smallest absolute Gasteiger partial charge is 0.326 e. The average molecular weight is 450 g/mol. The molecule has 0 bridgehead atoms. The van der Waals surface area contributed by atoms with Gasteiger partial charge >= 0.3 is 5.97 Å². The Hall–Kier alpha value is -3.29. The summed E-state index contributed by atoms with van der Waals surface area (Å²) < 4.78 is 22.6. The van der Waals surface area contributed by atoms with Crippen LogP contribution >= 0.6 is 0 Å². The van der Waals surface area contributed by atoms with E-state index in [0.29, 0.717) is 10.6 Å². The van der Waals surface area contributed by atoms with Crippen LogP contribution in [-0.4, -0.2) is 35.8 Å². The first-order chi connectivity index (χ1) is 15.5. The van der Waals surface area contributed by atoms with Gasteiger partial charge in [0.25, 0.3) is 0 Å². The Labute approximate surface area is 188 Å². The molecule has 3 aromatic carbocycles. The summed E-state index contributed by atoms with van der Waals surface area (Å²) in [6, 6.07) is 20.2. The van der Waals surface area contributed by atoms with Gasteiger partial charge in [-0.25, -0.2) is 0 Å². The highest BCUT2D eigenvalue weighted by molar-refractivity contribution is 7.90. The first kappa shape index (κ1) is 21.9. The van der Waals surface area contributed by atoms with E-state index in [0.717, 1.165) is 27.5 Å². The number of esters is 1. The van der Waals surface area contributed by atoms with Crippen LogP contribution in [-0.2, 0) is 31.9 Å². The predicted molar refractivity (Wildman–Crippen MR) is 125 cm³/mol. The predicted octanol–water partition coefficient (Wildman–Crippen LogP) is 4.46. The number of ether oxygens (including phenoxy) is 1. The maximum absolute atomic E-state index is 13.2. The minimum Gasteiger partial charge on any atom is -0.612 e. The van der Waals surface area contributed by atoms with Gasteiger partial charge in [-0.05, 0) is 66.1 Å². The highest BCUT2D eigenvalue weighted by Gasteiger charge is 2.21. The largest absolute Gasteiger partial charge is 0.612 e. The second-order valence-electron chi connectivity index (χ2n) is 7.34. The summed E-state index contributed by atoms with van der Waals surface area (Å²) in [5.41, 5.74) is 2.92. The first-order valence-corrected chi connectivity index (χ1v) is 11.8. The van der Waals surface area contributed by atoms with Gasteiger partial charge < -0.3 is 18.6 Å². The van der Waals surface area contributed by atoms with Crippen LogP contribution in [0, 0.1) is 0 Å². The number of para-hydroxylation sites is 1. The van der Waals surface area contributed by atoms with Crippen LogP contribution in [0.25, 0.3) is 21.9 Å². The topological polar surface area (TPSA) is 82.8 Å². The Morgan fingerprint density at radius 2 is 1.72 bits per heavy atom. The second kappa shape index (κ2) is 9.46. The van der Waals surface area contributed by atoms with Crippen molar-refractivity contribution in [2.24, 2.45) is 0 Å². The highest BCUT2D eigenvalue weighted by atomic mass is 32.2. The fourth-order valence-corrected chi connectivity index (χ4v) is 4.15. The number of rotatable bonds is 7. The van der Waals surface area contributed by atoms with Crippen molar-refractivity contribution >= 4 is 50.7 Å². The van der Waals surface area contributed by atoms with Gasteiger partial charge in [-0.2, -0.15) is 0 Å². The molecule has 0 fully saturated rings. The van der Waals surface area contributed by atoms with E-state index in [2.05, 4.69) is 0 Å². The van der Waals surface area contributed by atoms with Crippen molar-refractivity contribution < 1.29 is 23.3 Å². The Bertz CT molecular complexity index is 1260. The molecular weight excluding hydrogens is 426 g/mol. The van der Waals surface area contributed by atoms with Crippen LogP contribution in [0.1, 0.15) is 12.5 Å². The molecule has 1 unspecified atom stereocenters. The van der Waals surface area contributed by atoms with Gasteiger partial charge in [0.2, 0.25) is 5.91 Å². The SMILES string of the molecule is CCOC(=O)CN(C(=O)Cc1ccc2oc3ccccc3c2c1)c1ccc([S+](C)[O-])cc1. The number of carbonyl (C=O) groups excluding carboxylic acids is 2. The lowest BCUT2D eigenvalue weighted by Crippen LogP contribution is -2.37. The zero-order valence-electron chi connectivity index (χ0n) is 17.9. The van der Waals surface area contributed by atoms with Gasteiger partial charge in [0.05, 0.1) is 13.0 Å². The van der Waals surface area contributed by atoms with E-state index in [-0.39, 0.29) is 25.5 Å². The number of fused-ring (bicyclic) bond motifs is 3. The van der Waals surface area contributed by atoms with Gasteiger partial charge in [-0.1, -0.05) is 24.3 Å². The molecular formula is C25H23NO5S. The van der Waals surface area contributed by atoms with Crippen LogP contribution in [0.4, 0.5) is 5.69 Å². The van der Waals surface area contributed by atoms with Crippen LogP contribution in [0.15, 0.2) is 76.0 Å². The number of hydrogen-bond acceptors (Lipinski definition) is 5. The van der Waals surface area contributed by atoms with Crippen molar-refractivity contribution in [1.29, 1.82) is 0 Å². The maximum Gasteiger partial charge on any atom is 0.326 e. The molecule has 1 aromatic heterocycles. The lowest BCUT2D eigenvalue weighted by atomic mass is 10.1. The highest BCUT2D eigenvalue weighted by Crippen LogP contribution is 2.29. The fraction of sp³-hybridized carbons (Fsp3) is 0.200. The second-order valence-corrected chi connectivity index (χ2v) is 8.72. The van der Waals surface area contributed by atoms with E-state index in [4.69, 9.17) is 9.15 Å². The molecule has 7 heteroatoms. The third-order valence-electron chi connectivity index (χ3n) is 5.17. The van der Waals surface area contributed by atoms with Crippen molar-refractivity contribution in [3.05, 3.63) is 72.3 Å². The van der Waals surface area contributed by atoms with E-state index < -0.39 is 17.1 Å². The van der Waals surface area contributed by atoms with Crippen LogP contribution in [0.3, 0.4) is 0 Å². The minimum absolute atomic E-state index is 0.107. The van der Waals surface area contributed by atoms with Gasteiger partial charge in [-0.3, -0.25) is 9.59 Å². The van der Waals surface area contributed by atoms with Gasteiger partial charge in [-0.15, -0.1) is 0 Å². The van der Waals surface area contributed by atoms with E-state index in [1.807, 2.05) is 42.5 Å². The summed E-state index contributed by atoms with van der Waals surface area (Å²) in [6.07, 6.45) is 1.70. The zero-order chi connectivity index (χ0) is 22.7. The summed E-state index contributed by atoms with van der Waals surface area (Å²) in [4.78, 5) is 27.5. The molecule has 1 atom stereocenters. The molecule has 4 rings (SSSR count). The molecule has 32 heavy (non-hydrogen) atoms. The Morgan fingerprint density at radius 3 is 2.44 bits per heavy atom. The van der Waals surface area contributed by atoms with Gasteiger partial charge in [0, 0.05) is 16.5 Å². The number of hydrogen-bond donors (Lipinski definition) is 0. The summed E-state index contributed by atoms with van der Waals surface area (Å²) in [7, 11) is 0. The third-order valence-corrected chi connectivity index (χ3v) is 6.11. The Balaban J connectivity index is 1.62. The molecule has 4 aromatic rings. The molecule has 0 saturated heterocycles. The lowest BCUT2D eigenvalue weighted by Gasteiger charge is -2.22. The van der Waals surface area contributed by atoms with E-state index in [9.17, 15) is 14.1 Å². The van der Waals surface area contributed by atoms with Crippen LogP contribution in [0.2, 0.25) is 0 Å². The number of carbonyl (C=O) groups is 2. The van der Waals surface area contributed by atoms with Gasteiger partial charge in [0.15, 0.2) is 4.90 Å². The number of nitrogens with zero attached hydrogens (tertiary/aromatic N) is 1. The number of benzene rings is 3. The van der Waals surface area contributed by atoms with Crippen molar-refractivity contribution in [1.82, 2.24) is 0 Å². The molecule has 164 valence electrons. The molecule has 0 spiro atoms. The van der Waals surface area contributed by atoms with Crippen molar-refractivity contribution in [2.75, 3.05) is 24.3 Å². The standard InChI is InChI=1S/C25H23NO5S/c1-3-30-25(28)16-26(18-9-11-19(12-10-18)32(2)29)24(27)15-17-8-13-23-21(14-17)20-6-4-5-7-22(20)31-23/h4-14H,3,15-16H2,1-2H3. The van der Waals surface area contributed by atoms with Gasteiger partial charge in [0.1, 0.15) is 24.0 Å². The first-order valence-electron chi connectivity index (χ1n) is 10.3. The minimum atomic E-state index is -1.13. The monoisotopic (exact) mass is 449 g/mol. The molecule has 0 radical (unpaired) electrons. The number of furan rings is 1. The molecule has 6 nitrogen and oxygen atoms in total. The van der Waals surface area contributed by atoms with E-state index in [1.165, 1.54) is 4.90 Å². The fourth-order valence-electron chi connectivity index (χ4n) is 3.63. The van der Waals surface area contributed by atoms with Crippen LogP contribution in [0.5, 0.6) is 0 Å². The summed E-state index contributed by atoms with van der Waals surface area (Å²) in [5.74, 6) is -0.726.